The van der Waals surface area contributed by atoms with Crippen molar-refractivity contribution in [3.8, 4) is 0 Å². The molecule has 0 aromatic carbocycles. The normalized spacial score (nSPS) is 12.6. The predicted molar refractivity (Wildman–Crippen MR) is 66.9 cm³/mol. The van der Waals surface area contributed by atoms with E-state index in [-0.39, 0.29) is 6.54 Å². The summed E-state index contributed by atoms with van der Waals surface area (Å²) in [6, 6.07) is 4.21. The number of nitrogens with zero attached hydrogens (tertiary/aromatic N) is 2. The van der Waals surface area contributed by atoms with E-state index in [0.29, 0.717) is 6.04 Å². The van der Waals surface area contributed by atoms with Gasteiger partial charge in [-0.15, -0.1) is 0 Å². The second kappa shape index (κ2) is 7.01. The van der Waals surface area contributed by atoms with Crippen molar-refractivity contribution in [1.82, 2.24) is 9.88 Å². The lowest BCUT2D eigenvalue weighted by Crippen LogP contribution is -2.38. The van der Waals surface area contributed by atoms with Gasteiger partial charge in [0.05, 0.1) is 6.54 Å². The van der Waals surface area contributed by atoms with E-state index in [0.717, 1.165) is 24.9 Å². The smallest absolute Gasteiger partial charge is 0.317 e. The van der Waals surface area contributed by atoms with Crippen molar-refractivity contribution >= 4 is 5.97 Å². The largest absolute Gasteiger partial charge is 0.480 e. The van der Waals surface area contributed by atoms with E-state index in [1.54, 1.807) is 6.20 Å². The summed E-state index contributed by atoms with van der Waals surface area (Å²) in [4.78, 5) is 16.8. The van der Waals surface area contributed by atoms with E-state index in [9.17, 15) is 4.79 Å². The first-order valence-corrected chi connectivity index (χ1v) is 5.98. The summed E-state index contributed by atoms with van der Waals surface area (Å²) < 4.78 is 0. The number of carbonyl (C=O) groups is 1. The highest BCUT2D eigenvalue weighted by molar-refractivity contribution is 5.69. The van der Waals surface area contributed by atoms with Gasteiger partial charge in [0, 0.05) is 25.0 Å². The molecule has 1 atom stereocenters. The van der Waals surface area contributed by atoms with Gasteiger partial charge >= 0.3 is 5.97 Å². The molecule has 1 N–H and O–H groups in total. The third-order valence-corrected chi connectivity index (χ3v) is 2.96. The molecule has 0 fully saturated rings. The second-order valence-corrected chi connectivity index (χ2v) is 4.23. The first-order chi connectivity index (χ1) is 8.13. The van der Waals surface area contributed by atoms with Crippen LogP contribution < -0.4 is 0 Å². The van der Waals surface area contributed by atoms with Gasteiger partial charge in [0.15, 0.2) is 0 Å². The van der Waals surface area contributed by atoms with E-state index < -0.39 is 5.97 Å². The molecule has 1 aromatic heterocycles. The van der Waals surface area contributed by atoms with Crippen LogP contribution in [-0.4, -0.2) is 40.1 Å². The molecule has 0 saturated heterocycles. The first-order valence-electron chi connectivity index (χ1n) is 5.98. The SMILES string of the molecule is CCC(C)N(CCc1cccnc1)CC(=O)O. The Morgan fingerprint density at radius 1 is 1.59 bits per heavy atom. The Hall–Kier alpha value is -1.42. The number of rotatable bonds is 7. The van der Waals surface area contributed by atoms with Gasteiger partial charge in [0.25, 0.3) is 0 Å². The quantitative estimate of drug-likeness (QED) is 0.784. The second-order valence-electron chi connectivity index (χ2n) is 4.23. The van der Waals surface area contributed by atoms with Crippen LogP contribution in [0.4, 0.5) is 0 Å². The molecule has 1 rings (SSSR count). The minimum Gasteiger partial charge on any atom is -0.480 e. The van der Waals surface area contributed by atoms with Crippen molar-refractivity contribution in [3.05, 3.63) is 30.1 Å². The number of carboxylic acid groups (broad SMARTS) is 1. The van der Waals surface area contributed by atoms with Crippen LogP contribution in [0, 0.1) is 0 Å². The highest BCUT2D eigenvalue weighted by atomic mass is 16.4. The van der Waals surface area contributed by atoms with Crippen LogP contribution in [0.15, 0.2) is 24.5 Å². The van der Waals surface area contributed by atoms with Gasteiger partial charge in [-0.05, 0) is 31.4 Å². The lowest BCUT2D eigenvalue weighted by molar-refractivity contribution is -0.138. The van der Waals surface area contributed by atoms with Crippen molar-refractivity contribution in [1.29, 1.82) is 0 Å². The molecule has 17 heavy (non-hydrogen) atoms. The third kappa shape index (κ3) is 4.95. The summed E-state index contributed by atoms with van der Waals surface area (Å²) in [6.07, 6.45) is 5.37. The molecule has 1 aromatic rings. The Bertz CT molecular complexity index is 341. The van der Waals surface area contributed by atoms with E-state index >= 15 is 0 Å². The molecule has 0 aliphatic carbocycles. The molecule has 0 bridgehead atoms. The van der Waals surface area contributed by atoms with Crippen molar-refractivity contribution < 1.29 is 9.90 Å². The van der Waals surface area contributed by atoms with E-state index in [1.165, 1.54) is 0 Å². The highest BCUT2D eigenvalue weighted by Gasteiger charge is 2.15. The monoisotopic (exact) mass is 236 g/mol. The Morgan fingerprint density at radius 2 is 2.35 bits per heavy atom. The number of hydrogen-bond acceptors (Lipinski definition) is 3. The zero-order valence-corrected chi connectivity index (χ0v) is 10.5. The van der Waals surface area contributed by atoms with Crippen LogP contribution in [0.5, 0.6) is 0 Å². The van der Waals surface area contributed by atoms with Crippen LogP contribution in [0.2, 0.25) is 0 Å². The van der Waals surface area contributed by atoms with E-state index in [4.69, 9.17) is 5.11 Å². The molecular formula is C13H20N2O2. The van der Waals surface area contributed by atoms with Gasteiger partial charge in [-0.3, -0.25) is 14.7 Å². The number of pyridine rings is 1. The minimum absolute atomic E-state index is 0.106. The van der Waals surface area contributed by atoms with Gasteiger partial charge in [-0.2, -0.15) is 0 Å². The molecule has 94 valence electrons. The molecule has 0 saturated carbocycles. The fourth-order valence-corrected chi connectivity index (χ4v) is 1.71. The molecule has 1 unspecified atom stereocenters. The number of hydrogen-bond donors (Lipinski definition) is 1. The molecule has 0 radical (unpaired) electrons. The number of aliphatic carboxylic acids is 1. The average Bonchev–Trinajstić information content (AvgIpc) is 2.34. The fourth-order valence-electron chi connectivity index (χ4n) is 1.71. The molecule has 4 nitrogen and oxygen atoms in total. The Balaban J connectivity index is 2.51. The summed E-state index contributed by atoms with van der Waals surface area (Å²) in [7, 11) is 0. The lowest BCUT2D eigenvalue weighted by atomic mass is 10.1. The zero-order chi connectivity index (χ0) is 12.7. The van der Waals surface area contributed by atoms with E-state index in [2.05, 4.69) is 18.8 Å². The molecule has 1 heterocycles. The topological polar surface area (TPSA) is 53.4 Å². The fraction of sp³-hybridized carbons (Fsp3) is 0.538. The number of aromatic nitrogens is 1. The number of carboxylic acids is 1. The van der Waals surface area contributed by atoms with Crippen molar-refractivity contribution in [2.75, 3.05) is 13.1 Å². The van der Waals surface area contributed by atoms with E-state index in [1.807, 2.05) is 23.2 Å². The highest BCUT2D eigenvalue weighted by Crippen LogP contribution is 2.06. The molecule has 0 aliphatic heterocycles. The summed E-state index contributed by atoms with van der Waals surface area (Å²) in [5.41, 5.74) is 1.14. The summed E-state index contributed by atoms with van der Waals surface area (Å²) in [5.74, 6) is -0.767. The zero-order valence-electron chi connectivity index (χ0n) is 10.5. The molecule has 0 amide bonds. The Labute approximate surface area is 102 Å². The lowest BCUT2D eigenvalue weighted by Gasteiger charge is -2.26. The molecule has 0 spiro atoms. The summed E-state index contributed by atoms with van der Waals surface area (Å²) >= 11 is 0. The Morgan fingerprint density at radius 3 is 2.88 bits per heavy atom. The van der Waals surface area contributed by atoms with Crippen LogP contribution in [-0.2, 0) is 11.2 Å². The van der Waals surface area contributed by atoms with Crippen molar-refractivity contribution in [2.24, 2.45) is 0 Å². The van der Waals surface area contributed by atoms with Crippen molar-refractivity contribution in [2.45, 2.75) is 32.7 Å². The maximum Gasteiger partial charge on any atom is 0.317 e. The van der Waals surface area contributed by atoms with Gasteiger partial charge in [-0.1, -0.05) is 13.0 Å². The maximum atomic E-state index is 10.8. The molecule has 0 aliphatic rings. The standard InChI is InChI=1S/C13H20N2O2/c1-3-11(2)15(10-13(16)17)8-6-12-5-4-7-14-9-12/h4-5,7,9,11H,3,6,8,10H2,1-2H3,(H,16,17). The van der Waals surface area contributed by atoms with Gasteiger partial charge in [-0.25, -0.2) is 0 Å². The maximum absolute atomic E-state index is 10.8. The third-order valence-electron chi connectivity index (χ3n) is 2.96. The minimum atomic E-state index is -0.767. The predicted octanol–water partition coefficient (Wildman–Crippen LogP) is 1.81. The van der Waals surface area contributed by atoms with Gasteiger partial charge in [0.1, 0.15) is 0 Å². The van der Waals surface area contributed by atoms with Gasteiger partial charge < -0.3 is 5.11 Å². The average molecular weight is 236 g/mol. The molecule has 4 heteroatoms. The van der Waals surface area contributed by atoms with Crippen molar-refractivity contribution in [3.63, 3.8) is 0 Å². The van der Waals surface area contributed by atoms with Crippen LogP contribution >= 0.6 is 0 Å². The molecular weight excluding hydrogens is 216 g/mol. The van der Waals surface area contributed by atoms with Crippen LogP contribution in [0.1, 0.15) is 25.8 Å². The first kappa shape index (κ1) is 13.6. The summed E-state index contributed by atoms with van der Waals surface area (Å²) in [5, 5.41) is 8.87. The van der Waals surface area contributed by atoms with Crippen LogP contribution in [0.25, 0.3) is 0 Å². The Kier molecular flexibility index (Phi) is 5.63. The van der Waals surface area contributed by atoms with Gasteiger partial charge in [0.2, 0.25) is 0 Å². The van der Waals surface area contributed by atoms with Crippen LogP contribution in [0.3, 0.4) is 0 Å². The summed E-state index contributed by atoms with van der Waals surface area (Å²) in [6.45, 7) is 5.00.